The summed E-state index contributed by atoms with van der Waals surface area (Å²) in [5, 5.41) is 5.96. The number of piperazine rings is 1. The van der Waals surface area contributed by atoms with Gasteiger partial charge in [-0.2, -0.15) is 0 Å². The first-order valence-electron chi connectivity index (χ1n) is 7.86. The summed E-state index contributed by atoms with van der Waals surface area (Å²) in [6.07, 6.45) is 0.948. The van der Waals surface area contributed by atoms with Gasteiger partial charge in [0.05, 0.1) is 18.4 Å². The SMILES string of the molecule is CCC(=O)NC1CN(c2ccc(N3CCNCC3)nc2)C(=O)O1. The van der Waals surface area contributed by atoms with Crippen LogP contribution in [0.25, 0.3) is 0 Å². The van der Waals surface area contributed by atoms with Crippen LogP contribution in [-0.2, 0) is 9.53 Å². The van der Waals surface area contributed by atoms with Gasteiger partial charge in [-0.15, -0.1) is 0 Å². The molecule has 0 aliphatic carbocycles. The zero-order valence-electron chi connectivity index (χ0n) is 13.1. The highest BCUT2D eigenvalue weighted by molar-refractivity contribution is 5.90. The van der Waals surface area contributed by atoms with Gasteiger partial charge in [-0.3, -0.25) is 9.69 Å². The highest BCUT2D eigenvalue weighted by Crippen LogP contribution is 2.22. The maximum absolute atomic E-state index is 11.9. The van der Waals surface area contributed by atoms with Gasteiger partial charge in [0, 0.05) is 32.6 Å². The molecule has 0 bridgehead atoms. The molecule has 8 nitrogen and oxygen atoms in total. The fourth-order valence-corrected chi connectivity index (χ4v) is 2.65. The van der Waals surface area contributed by atoms with Crippen molar-refractivity contribution < 1.29 is 14.3 Å². The number of anilines is 2. The molecule has 0 spiro atoms. The van der Waals surface area contributed by atoms with Gasteiger partial charge in [0.15, 0.2) is 6.23 Å². The smallest absolute Gasteiger partial charge is 0.416 e. The number of hydrogen-bond acceptors (Lipinski definition) is 6. The van der Waals surface area contributed by atoms with Crippen LogP contribution in [0.4, 0.5) is 16.3 Å². The summed E-state index contributed by atoms with van der Waals surface area (Å²) in [4.78, 5) is 31.5. The molecule has 0 saturated carbocycles. The molecule has 2 saturated heterocycles. The molecule has 8 heteroatoms. The summed E-state index contributed by atoms with van der Waals surface area (Å²) in [7, 11) is 0. The molecule has 1 aromatic heterocycles. The minimum absolute atomic E-state index is 0.142. The van der Waals surface area contributed by atoms with E-state index in [1.54, 1.807) is 13.1 Å². The summed E-state index contributed by atoms with van der Waals surface area (Å²) in [5.41, 5.74) is 0.669. The van der Waals surface area contributed by atoms with Crippen LogP contribution in [0.15, 0.2) is 18.3 Å². The maximum Gasteiger partial charge on any atom is 0.416 e. The van der Waals surface area contributed by atoms with Crippen molar-refractivity contribution in [1.82, 2.24) is 15.6 Å². The largest absolute Gasteiger partial charge is 0.423 e. The van der Waals surface area contributed by atoms with Crippen molar-refractivity contribution in [2.24, 2.45) is 0 Å². The molecule has 1 unspecified atom stereocenters. The lowest BCUT2D eigenvalue weighted by Gasteiger charge is -2.28. The first-order chi connectivity index (χ1) is 11.2. The standard InChI is InChI=1S/C15H21N5O3/c1-2-13(21)18-14-10-20(15(22)23-14)11-3-4-12(17-9-11)19-7-5-16-6-8-19/h3-4,9,14,16H,2,5-8,10H2,1H3,(H,18,21). The predicted octanol–water partition coefficient (Wildman–Crippen LogP) is 0.300. The number of pyridine rings is 1. The molecular formula is C15H21N5O3. The van der Waals surface area contributed by atoms with Crippen LogP contribution < -0.4 is 20.4 Å². The molecule has 0 aromatic carbocycles. The van der Waals surface area contributed by atoms with Gasteiger partial charge in [0.1, 0.15) is 5.82 Å². The Bertz CT molecular complexity index is 571. The molecule has 124 valence electrons. The van der Waals surface area contributed by atoms with Gasteiger partial charge in [0.2, 0.25) is 5.91 Å². The van der Waals surface area contributed by atoms with Gasteiger partial charge in [0.25, 0.3) is 0 Å². The van der Waals surface area contributed by atoms with Crippen molar-refractivity contribution in [1.29, 1.82) is 0 Å². The molecule has 1 aromatic rings. The molecule has 3 rings (SSSR count). The van der Waals surface area contributed by atoms with E-state index in [-0.39, 0.29) is 5.91 Å². The Labute approximate surface area is 134 Å². The van der Waals surface area contributed by atoms with E-state index in [0.29, 0.717) is 18.7 Å². The van der Waals surface area contributed by atoms with E-state index in [0.717, 1.165) is 32.0 Å². The number of carbonyl (C=O) groups is 2. The second kappa shape index (κ2) is 6.82. The Morgan fingerprint density at radius 1 is 1.43 bits per heavy atom. The topological polar surface area (TPSA) is 86.8 Å². The predicted molar refractivity (Wildman–Crippen MR) is 85.4 cm³/mol. The fourth-order valence-electron chi connectivity index (χ4n) is 2.65. The lowest BCUT2D eigenvalue weighted by Crippen LogP contribution is -2.43. The molecule has 2 fully saturated rings. The minimum Gasteiger partial charge on any atom is -0.423 e. The highest BCUT2D eigenvalue weighted by Gasteiger charge is 2.33. The number of rotatable bonds is 4. The van der Waals surface area contributed by atoms with Crippen molar-refractivity contribution in [2.75, 3.05) is 42.5 Å². The lowest BCUT2D eigenvalue weighted by atomic mass is 10.3. The third-order valence-electron chi connectivity index (χ3n) is 3.94. The number of nitrogens with zero attached hydrogens (tertiary/aromatic N) is 3. The van der Waals surface area contributed by atoms with Crippen molar-refractivity contribution in [3.05, 3.63) is 18.3 Å². The van der Waals surface area contributed by atoms with Gasteiger partial charge in [-0.1, -0.05) is 6.92 Å². The number of nitrogens with one attached hydrogen (secondary N) is 2. The van der Waals surface area contributed by atoms with Crippen molar-refractivity contribution >= 4 is 23.5 Å². The van der Waals surface area contributed by atoms with Crippen LogP contribution in [0, 0.1) is 0 Å². The van der Waals surface area contributed by atoms with Crippen LogP contribution in [0.2, 0.25) is 0 Å². The second-order valence-corrected chi connectivity index (χ2v) is 5.52. The number of amides is 2. The Balaban J connectivity index is 1.64. The molecule has 23 heavy (non-hydrogen) atoms. The molecule has 1 atom stereocenters. The molecule has 2 aliphatic rings. The zero-order chi connectivity index (χ0) is 16.2. The van der Waals surface area contributed by atoms with E-state index in [1.165, 1.54) is 4.90 Å². The van der Waals surface area contributed by atoms with Crippen molar-refractivity contribution in [3.8, 4) is 0 Å². The van der Waals surface area contributed by atoms with Crippen LogP contribution in [0.5, 0.6) is 0 Å². The van der Waals surface area contributed by atoms with Crippen molar-refractivity contribution in [3.63, 3.8) is 0 Å². The fraction of sp³-hybridized carbons (Fsp3) is 0.533. The van der Waals surface area contributed by atoms with E-state index < -0.39 is 12.3 Å². The van der Waals surface area contributed by atoms with Crippen LogP contribution in [-0.4, -0.2) is 55.9 Å². The number of carbonyl (C=O) groups excluding carboxylic acids is 2. The molecule has 2 aliphatic heterocycles. The first-order valence-corrected chi connectivity index (χ1v) is 7.86. The van der Waals surface area contributed by atoms with Crippen molar-refractivity contribution in [2.45, 2.75) is 19.6 Å². The van der Waals surface area contributed by atoms with Crippen LogP contribution >= 0.6 is 0 Å². The first kappa shape index (κ1) is 15.5. The van der Waals surface area contributed by atoms with Crippen LogP contribution in [0.3, 0.4) is 0 Å². The normalized spacial score (nSPS) is 21.3. The average molecular weight is 319 g/mol. The number of ether oxygens (including phenoxy) is 1. The molecule has 0 radical (unpaired) electrons. The van der Waals surface area contributed by atoms with Gasteiger partial charge < -0.3 is 20.3 Å². The Hall–Kier alpha value is -2.35. The number of hydrogen-bond donors (Lipinski definition) is 2. The Kier molecular flexibility index (Phi) is 4.61. The molecule has 2 N–H and O–H groups in total. The molecular weight excluding hydrogens is 298 g/mol. The van der Waals surface area contributed by atoms with Gasteiger partial charge in [-0.05, 0) is 12.1 Å². The lowest BCUT2D eigenvalue weighted by molar-refractivity contribution is -0.123. The number of cyclic esters (lactones) is 1. The van der Waals surface area contributed by atoms with E-state index in [4.69, 9.17) is 4.74 Å². The maximum atomic E-state index is 11.9. The second-order valence-electron chi connectivity index (χ2n) is 5.52. The highest BCUT2D eigenvalue weighted by atomic mass is 16.6. The van der Waals surface area contributed by atoms with E-state index in [9.17, 15) is 9.59 Å². The minimum atomic E-state index is -0.609. The van der Waals surface area contributed by atoms with E-state index in [1.807, 2.05) is 12.1 Å². The van der Waals surface area contributed by atoms with Gasteiger partial charge in [-0.25, -0.2) is 9.78 Å². The third kappa shape index (κ3) is 3.53. The Morgan fingerprint density at radius 3 is 2.87 bits per heavy atom. The average Bonchev–Trinajstić information content (AvgIpc) is 2.96. The summed E-state index contributed by atoms with van der Waals surface area (Å²) in [6.45, 7) is 5.77. The zero-order valence-corrected chi connectivity index (χ0v) is 13.1. The third-order valence-corrected chi connectivity index (χ3v) is 3.94. The number of aromatic nitrogens is 1. The van der Waals surface area contributed by atoms with E-state index >= 15 is 0 Å². The summed E-state index contributed by atoms with van der Waals surface area (Å²) >= 11 is 0. The van der Waals surface area contributed by atoms with E-state index in [2.05, 4.69) is 20.5 Å². The molecule has 3 heterocycles. The molecule has 2 amide bonds. The quantitative estimate of drug-likeness (QED) is 0.830. The summed E-state index contributed by atoms with van der Waals surface area (Å²) in [5.74, 6) is 0.760. The summed E-state index contributed by atoms with van der Waals surface area (Å²) in [6, 6.07) is 3.77. The summed E-state index contributed by atoms with van der Waals surface area (Å²) < 4.78 is 5.16. The monoisotopic (exact) mass is 319 g/mol. The van der Waals surface area contributed by atoms with Crippen LogP contribution in [0.1, 0.15) is 13.3 Å². The Morgan fingerprint density at radius 2 is 2.22 bits per heavy atom. The van der Waals surface area contributed by atoms with Gasteiger partial charge >= 0.3 is 6.09 Å².